The lowest BCUT2D eigenvalue weighted by Gasteiger charge is -2.32. The smallest absolute Gasteiger partial charge is 0.333 e. The molecule has 11 nitrogen and oxygen atoms in total. The van der Waals surface area contributed by atoms with Gasteiger partial charge in [-0.25, -0.2) is 4.79 Å². The first-order valence-corrected chi connectivity index (χ1v) is 11.5. The average molecular weight is 494 g/mol. The topological polar surface area (TPSA) is 120 Å². The van der Waals surface area contributed by atoms with Gasteiger partial charge in [0.1, 0.15) is 5.56 Å². The Morgan fingerprint density at radius 1 is 1.06 bits per heavy atom. The van der Waals surface area contributed by atoms with E-state index in [0.29, 0.717) is 24.3 Å². The summed E-state index contributed by atoms with van der Waals surface area (Å²) in [6.45, 7) is 5.18. The standard InChI is InChI=1S/C25H27N5O6/c1-5-28(6-2)15-20(31)29-18-12-7-8-13-19(18)36-24-21(23(32)26(3)25(33)27(24)4)22(29)16-10-9-11-17(14-16)30(34)35/h7-14,22H,5-6,15H2,1-4H3/t22-/m1/s1. The summed E-state index contributed by atoms with van der Waals surface area (Å²) in [4.78, 5) is 54.7. The fourth-order valence-corrected chi connectivity index (χ4v) is 4.44. The van der Waals surface area contributed by atoms with Crippen molar-refractivity contribution in [2.24, 2.45) is 14.1 Å². The summed E-state index contributed by atoms with van der Waals surface area (Å²) >= 11 is 0. The first-order chi connectivity index (χ1) is 17.2. The molecule has 0 saturated carbocycles. The number of rotatable bonds is 6. The minimum atomic E-state index is -1.09. The van der Waals surface area contributed by atoms with Gasteiger partial charge >= 0.3 is 5.69 Å². The molecular weight excluding hydrogens is 466 g/mol. The second-order valence-corrected chi connectivity index (χ2v) is 8.47. The third kappa shape index (κ3) is 4.17. The highest BCUT2D eigenvalue weighted by atomic mass is 16.6. The van der Waals surface area contributed by atoms with Crippen LogP contribution in [0.4, 0.5) is 11.4 Å². The van der Waals surface area contributed by atoms with E-state index < -0.39 is 22.2 Å². The molecule has 0 radical (unpaired) electrons. The number of ether oxygens (including phenoxy) is 1. The van der Waals surface area contributed by atoms with Gasteiger partial charge in [-0.05, 0) is 30.8 Å². The predicted molar refractivity (Wildman–Crippen MR) is 134 cm³/mol. The Kier molecular flexibility index (Phi) is 6.75. The largest absolute Gasteiger partial charge is 0.438 e. The molecule has 0 saturated heterocycles. The molecule has 188 valence electrons. The van der Waals surface area contributed by atoms with Crippen LogP contribution in [0.3, 0.4) is 0 Å². The number of hydrogen-bond donors (Lipinski definition) is 0. The molecule has 1 amide bonds. The van der Waals surface area contributed by atoms with Crippen LogP contribution in [-0.4, -0.2) is 44.5 Å². The van der Waals surface area contributed by atoms with Crippen molar-refractivity contribution in [2.45, 2.75) is 19.9 Å². The summed E-state index contributed by atoms with van der Waals surface area (Å²) in [6.07, 6.45) is 0. The summed E-state index contributed by atoms with van der Waals surface area (Å²) in [6, 6.07) is 11.5. The molecule has 1 atom stereocenters. The van der Waals surface area contributed by atoms with E-state index in [-0.39, 0.29) is 35.3 Å². The van der Waals surface area contributed by atoms with Gasteiger partial charge in [-0.2, -0.15) is 0 Å². The highest BCUT2D eigenvalue weighted by Crippen LogP contribution is 2.45. The first kappa shape index (κ1) is 24.9. The van der Waals surface area contributed by atoms with E-state index in [4.69, 9.17) is 4.74 Å². The number of aromatic nitrogens is 2. The van der Waals surface area contributed by atoms with Crippen molar-refractivity contribution in [1.82, 2.24) is 14.0 Å². The number of fused-ring (bicyclic) bond motifs is 2. The van der Waals surface area contributed by atoms with Crippen LogP contribution >= 0.6 is 0 Å². The highest BCUT2D eigenvalue weighted by molar-refractivity contribution is 5.98. The Balaban J connectivity index is 2.10. The molecule has 1 aliphatic rings. The van der Waals surface area contributed by atoms with Gasteiger partial charge in [0.05, 0.1) is 23.2 Å². The zero-order chi connectivity index (χ0) is 26.1. The van der Waals surface area contributed by atoms with Crippen molar-refractivity contribution < 1.29 is 14.5 Å². The Morgan fingerprint density at radius 2 is 1.75 bits per heavy atom. The molecule has 2 heterocycles. The second kappa shape index (κ2) is 9.78. The first-order valence-electron chi connectivity index (χ1n) is 11.5. The quantitative estimate of drug-likeness (QED) is 0.382. The number of non-ortho nitro benzene ring substituents is 1. The summed E-state index contributed by atoms with van der Waals surface area (Å²) < 4.78 is 8.27. The molecular formula is C25H27N5O6. The zero-order valence-electron chi connectivity index (χ0n) is 20.5. The number of hydrogen-bond acceptors (Lipinski definition) is 7. The average Bonchev–Trinajstić information content (AvgIpc) is 3.04. The van der Waals surface area contributed by atoms with Crippen LogP contribution < -0.4 is 20.9 Å². The van der Waals surface area contributed by atoms with Gasteiger partial charge < -0.3 is 4.74 Å². The number of carbonyl (C=O) groups excluding carboxylic acids is 1. The lowest BCUT2D eigenvalue weighted by molar-refractivity contribution is -0.384. The minimum Gasteiger partial charge on any atom is -0.438 e. The second-order valence-electron chi connectivity index (χ2n) is 8.47. The van der Waals surface area contributed by atoms with Crippen LogP contribution in [0.25, 0.3) is 0 Å². The lowest BCUT2D eigenvalue weighted by atomic mass is 9.97. The van der Waals surface area contributed by atoms with E-state index in [1.165, 1.54) is 41.8 Å². The van der Waals surface area contributed by atoms with E-state index in [1.54, 1.807) is 30.3 Å². The fraction of sp³-hybridized carbons (Fsp3) is 0.320. The van der Waals surface area contributed by atoms with Crippen molar-refractivity contribution in [3.8, 4) is 11.6 Å². The predicted octanol–water partition coefficient (Wildman–Crippen LogP) is 2.56. The molecule has 0 aliphatic carbocycles. The van der Waals surface area contributed by atoms with Crippen molar-refractivity contribution in [3.63, 3.8) is 0 Å². The maximum Gasteiger partial charge on any atom is 0.333 e. The number of nitro benzene ring substituents is 1. The summed E-state index contributed by atoms with van der Waals surface area (Å²) in [7, 11) is 2.82. The molecule has 11 heteroatoms. The van der Waals surface area contributed by atoms with Gasteiger partial charge in [-0.1, -0.05) is 38.1 Å². The number of benzene rings is 2. The van der Waals surface area contributed by atoms with Crippen LogP contribution in [0.2, 0.25) is 0 Å². The molecule has 0 spiro atoms. The Bertz CT molecular complexity index is 1460. The van der Waals surface area contributed by atoms with Crippen molar-refractivity contribution in [3.05, 3.63) is 90.6 Å². The van der Waals surface area contributed by atoms with E-state index in [1.807, 2.05) is 18.7 Å². The van der Waals surface area contributed by atoms with E-state index >= 15 is 0 Å². The summed E-state index contributed by atoms with van der Waals surface area (Å²) in [5, 5.41) is 11.6. The number of anilines is 1. The molecule has 36 heavy (non-hydrogen) atoms. The van der Waals surface area contributed by atoms with E-state index in [9.17, 15) is 24.5 Å². The van der Waals surface area contributed by atoms with Gasteiger partial charge in [0.25, 0.3) is 11.2 Å². The Morgan fingerprint density at radius 3 is 2.42 bits per heavy atom. The van der Waals surface area contributed by atoms with Crippen LogP contribution in [0.5, 0.6) is 11.6 Å². The number of amides is 1. The number of likely N-dealkylation sites (N-methyl/N-ethyl adjacent to an activating group) is 1. The van der Waals surface area contributed by atoms with Crippen LogP contribution in [-0.2, 0) is 18.9 Å². The molecule has 0 unspecified atom stereocenters. The Labute approximate surface area is 206 Å². The molecule has 4 rings (SSSR count). The highest BCUT2D eigenvalue weighted by Gasteiger charge is 2.39. The van der Waals surface area contributed by atoms with Crippen LogP contribution in [0.1, 0.15) is 31.0 Å². The molecule has 1 aliphatic heterocycles. The lowest BCUT2D eigenvalue weighted by Crippen LogP contribution is -2.46. The van der Waals surface area contributed by atoms with Gasteiger partial charge in [-0.15, -0.1) is 0 Å². The van der Waals surface area contributed by atoms with Crippen LogP contribution in [0.15, 0.2) is 58.1 Å². The van der Waals surface area contributed by atoms with Crippen molar-refractivity contribution >= 4 is 17.3 Å². The minimum absolute atomic E-state index is 0.0230. The summed E-state index contributed by atoms with van der Waals surface area (Å²) in [5.41, 5.74) is -0.685. The normalized spacial score (nSPS) is 14.6. The zero-order valence-corrected chi connectivity index (χ0v) is 20.5. The van der Waals surface area contributed by atoms with E-state index in [2.05, 4.69) is 0 Å². The maximum absolute atomic E-state index is 13.9. The number of para-hydroxylation sites is 2. The Hall–Kier alpha value is -4.25. The third-order valence-corrected chi connectivity index (χ3v) is 6.43. The number of nitrogens with zero attached hydrogens (tertiary/aromatic N) is 5. The summed E-state index contributed by atoms with van der Waals surface area (Å²) in [5.74, 6) is -0.0666. The molecule has 1 aromatic heterocycles. The number of nitro groups is 1. The molecule has 3 aromatic rings. The van der Waals surface area contributed by atoms with Gasteiger partial charge in [0.15, 0.2) is 5.75 Å². The molecule has 0 fully saturated rings. The SMILES string of the molecule is CCN(CC)CC(=O)N1c2ccccc2Oc2c(c(=O)n(C)c(=O)n2C)[C@H]1c1cccc([N+](=O)[O-])c1. The molecule has 0 N–H and O–H groups in total. The molecule has 0 bridgehead atoms. The van der Waals surface area contributed by atoms with Gasteiger partial charge in [0.2, 0.25) is 11.8 Å². The number of carbonyl (C=O) groups is 1. The van der Waals surface area contributed by atoms with Crippen molar-refractivity contribution in [2.75, 3.05) is 24.5 Å². The molecule has 2 aromatic carbocycles. The van der Waals surface area contributed by atoms with Gasteiger partial charge in [0, 0.05) is 26.2 Å². The monoisotopic (exact) mass is 493 g/mol. The fourth-order valence-electron chi connectivity index (χ4n) is 4.44. The van der Waals surface area contributed by atoms with Crippen LogP contribution in [0, 0.1) is 10.1 Å². The van der Waals surface area contributed by atoms with Crippen molar-refractivity contribution in [1.29, 1.82) is 0 Å². The van der Waals surface area contributed by atoms with Gasteiger partial charge in [-0.3, -0.25) is 38.6 Å². The van der Waals surface area contributed by atoms with E-state index in [0.717, 1.165) is 4.57 Å². The third-order valence-electron chi connectivity index (χ3n) is 6.43. The maximum atomic E-state index is 13.9.